The molecule has 0 saturated carbocycles. The van der Waals surface area contributed by atoms with E-state index in [-0.39, 0.29) is 5.56 Å². The van der Waals surface area contributed by atoms with Gasteiger partial charge in [0.25, 0.3) is 5.56 Å². The van der Waals surface area contributed by atoms with E-state index < -0.39 is 0 Å². The third kappa shape index (κ3) is 5.47. The number of hydrogen-bond donors (Lipinski definition) is 2. The van der Waals surface area contributed by atoms with Crippen LogP contribution in [0.1, 0.15) is 18.4 Å². The van der Waals surface area contributed by atoms with E-state index in [2.05, 4.69) is 34.1 Å². The van der Waals surface area contributed by atoms with E-state index in [0.717, 1.165) is 67.0 Å². The van der Waals surface area contributed by atoms with E-state index in [9.17, 15) is 4.79 Å². The molecule has 0 radical (unpaired) electrons. The van der Waals surface area contributed by atoms with Gasteiger partial charge in [0.05, 0.1) is 24.0 Å². The van der Waals surface area contributed by atoms with Crippen molar-refractivity contribution >= 4 is 29.0 Å². The number of rotatable bonds is 9. The van der Waals surface area contributed by atoms with E-state index in [1.807, 2.05) is 34.9 Å². The predicted octanol–water partition coefficient (Wildman–Crippen LogP) is 2.91. The number of benzene rings is 2. The monoisotopic (exact) mass is 462 g/mol. The van der Waals surface area contributed by atoms with Crippen molar-refractivity contribution in [2.45, 2.75) is 32.0 Å². The molecule has 1 aliphatic rings. The van der Waals surface area contributed by atoms with Crippen LogP contribution in [0, 0.1) is 0 Å². The Balaban J connectivity index is 1.31. The average molecular weight is 463 g/mol. The van der Waals surface area contributed by atoms with Crippen molar-refractivity contribution < 1.29 is 4.74 Å². The van der Waals surface area contributed by atoms with Crippen LogP contribution in [0.15, 0.2) is 58.3 Å². The van der Waals surface area contributed by atoms with Crippen molar-refractivity contribution in [3.63, 3.8) is 0 Å². The highest BCUT2D eigenvalue weighted by Gasteiger charge is 2.19. The number of piperidine rings is 1. The molecule has 0 aliphatic carbocycles. The second-order valence-electron chi connectivity index (χ2n) is 8.84. The fourth-order valence-corrected chi connectivity index (χ4v) is 4.59. The number of nitrogens with two attached hydrogens (primary N) is 1. The number of nitrogens with one attached hydrogen (secondary N) is 1. The molecular formula is C26H34N6O2. The molecule has 1 saturated heterocycles. The summed E-state index contributed by atoms with van der Waals surface area (Å²) in [5.74, 6) is 6.69. The van der Waals surface area contributed by atoms with Gasteiger partial charge in [0.1, 0.15) is 5.75 Å². The van der Waals surface area contributed by atoms with Crippen LogP contribution in [0.25, 0.3) is 10.9 Å². The smallest absolute Gasteiger partial charge is 0.251 e. The molecular weight excluding hydrogens is 428 g/mol. The summed E-state index contributed by atoms with van der Waals surface area (Å²) in [7, 11) is 3.45. The summed E-state index contributed by atoms with van der Waals surface area (Å²) in [4.78, 5) is 19.0. The summed E-state index contributed by atoms with van der Waals surface area (Å²) in [5, 5.41) is 6.30. The van der Waals surface area contributed by atoms with E-state index in [1.165, 1.54) is 5.56 Å². The quantitative estimate of drug-likeness (QED) is 0.289. The zero-order valence-electron chi connectivity index (χ0n) is 20.0. The molecule has 0 unspecified atom stereocenters. The Kier molecular flexibility index (Phi) is 7.62. The lowest BCUT2D eigenvalue weighted by molar-refractivity contribution is 0.191. The fourth-order valence-electron chi connectivity index (χ4n) is 4.59. The van der Waals surface area contributed by atoms with Crippen molar-refractivity contribution in [1.29, 1.82) is 0 Å². The molecule has 2 aromatic carbocycles. The van der Waals surface area contributed by atoms with Crippen LogP contribution in [0.3, 0.4) is 0 Å². The molecule has 1 fully saturated rings. The number of aliphatic imine (C=N–C) groups is 1. The van der Waals surface area contributed by atoms with Gasteiger partial charge >= 0.3 is 0 Å². The minimum Gasteiger partial charge on any atom is -0.497 e. The number of methoxy groups -OCH3 is 1. The first-order valence-electron chi connectivity index (χ1n) is 11.7. The summed E-state index contributed by atoms with van der Waals surface area (Å²) in [6, 6.07) is 15.9. The lowest BCUT2D eigenvalue weighted by Gasteiger charge is -2.32. The van der Waals surface area contributed by atoms with Crippen LogP contribution in [0.5, 0.6) is 5.75 Å². The number of fused-ring (bicyclic) bond motifs is 1. The summed E-state index contributed by atoms with van der Waals surface area (Å²) in [5.41, 5.74) is 3.77. The lowest BCUT2D eigenvalue weighted by atomic mass is 10.0. The molecule has 4 rings (SSSR count). The molecule has 8 nitrogen and oxygen atoms in total. The predicted molar refractivity (Wildman–Crippen MR) is 139 cm³/mol. The first kappa shape index (κ1) is 23.9. The van der Waals surface area contributed by atoms with E-state index in [0.29, 0.717) is 12.6 Å². The van der Waals surface area contributed by atoms with Crippen LogP contribution < -0.4 is 26.5 Å². The minimum atomic E-state index is 0.0254. The standard InChI is InChI=1S/C26H34N6O2/c1-28-23-8-4-19(16-25(23)30(2)27)18-29-21-10-12-31(13-11-21)14-15-32-24-17-22(34-3)7-5-20(24)6-9-26(32)33/h4-9,16-17,21,29H,1,10-15,18,27H2,2-3H3. The van der Waals surface area contributed by atoms with Crippen molar-refractivity contribution in [3.05, 3.63) is 64.4 Å². The van der Waals surface area contributed by atoms with Crippen molar-refractivity contribution in [2.24, 2.45) is 10.8 Å². The van der Waals surface area contributed by atoms with E-state index in [4.69, 9.17) is 10.6 Å². The Morgan fingerprint density at radius 2 is 1.91 bits per heavy atom. The molecule has 1 aromatic heterocycles. The van der Waals surface area contributed by atoms with Crippen LogP contribution in [-0.4, -0.2) is 56.0 Å². The maximum atomic E-state index is 12.6. The zero-order valence-corrected chi connectivity index (χ0v) is 20.0. The van der Waals surface area contributed by atoms with E-state index in [1.54, 1.807) is 25.2 Å². The Morgan fingerprint density at radius 1 is 1.15 bits per heavy atom. The number of hydrazine groups is 1. The first-order valence-corrected chi connectivity index (χ1v) is 11.7. The second-order valence-corrected chi connectivity index (χ2v) is 8.84. The molecule has 0 amide bonds. The molecule has 34 heavy (non-hydrogen) atoms. The zero-order chi connectivity index (χ0) is 24.1. The normalized spacial score (nSPS) is 14.9. The molecule has 8 heteroatoms. The molecule has 0 spiro atoms. The number of hydrogen-bond acceptors (Lipinski definition) is 7. The summed E-state index contributed by atoms with van der Waals surface area (Å²) in [6.45, 7) is 7.94. The Labute approximate surface area is 200 Å². The van der Waals surface area contributed by atoms with Crippen LogP contribution in [-0.2, 0) is 13.1 Å². The SMILES string of the molecule is C=Nc1ccc(CNC2CCN(CCn3c(=O)ccc4ccc(OC)cc43)CC2)cc1N(C)N. The van der Waals surface area contributed by atoms with Crippen molar-refractivity contribution in [1.82, 2.24) is 14.8 Å². The maximum Gasteiger partial charge on any atom is 0.251 e. The van der Waals surface area contributed by atoms with Gasteiger partial charge in [0.15, 0.2) is 0 Å². The highest BCUT2D eigenvalue weighted by atomic mass is 16.5. The molecule has 3 aromatic rings. The number of anilines is 1. The number of nitrogens with zero attached hydrogens (tertiary/aromatic N) is 4. The first-order chi connectivity index (χ1) is 16.5. The lowest BCUT2D eigenvalue weighted by Crippen LogP contribution is -2.43. The third-order valence-electron chi connectivity index (χ3n) is 6.61. The minimum absolute atomic E-state index is 0.0254. The third-order valence-corrected chi connectivity index (χ3v) is 6.61. The number of likely N-dealkylation sites (tertiary alicyclic amines) is 1. The van der Waals surface area contributed by atoms with Gasteiger partial charge < -0.3 is 24.5 Å². The van der Waals surface area contributed by atoms with Crippen LogP contribution in [0.2, 0.25) is 0 Å². The number of ether oxygens (including phenoxy) is 1. The van der Waals surface area contributed by atoms with Crippen molar-refractivity contribution in [3.8, 4) is 5.75 Å². The van der Waals surface area contributed by atoms with Gasteiger partial charge in [-0.15, -0.1) is 0 Å². The van der Waals surface area contributed by atoms with Gasteiger partial charge in [-0.05, 0) is 73.9 Å². The van der Waals surface area contributed by atoms with Gasteiger partial charge in [-0.3, -0.25) is 9.79 Å². The van der Waals surface area contributed by atoms with Crippen molar-refractivity contribution in [2.75, 3.05) is 38.8 Å². The van der Waals surface area contributed by atoms with Gasteiger partial charge in [0.2, 0.25) is 0 Å². The second kappa shape index (κ2) is 10.8. The summed E-state index contributed by atoms with van der Waals surface area (Å²) in [6.07, 6.45) is 2.16. The highest BCUT2D eigenvalue weighted by molar-refractivity contribution is 5.80. The van der Waals surface area contributed by atoms with Gasteiger partial charge in [-0.25, -0.2) is 5.84 Å². The topological polar surface area (TPSA) is 88.1 Å². The Hall–Kier alpha value is -3.20. The number of pyridine rings is 1. The van der Waals surface area contributed by atoms with Gasteiger partial charge in [-0.1, -0.05) is 6.07 Å². The van der Waals surface area contributed by atoms with Gasteiger partial charge in [0, 0.05) is 44.9 Å². The maximum absolute atomic E-state index is 12.6. The van der Waals surface area contributed by atoms with Crippen LogP contribution >= 0.6 is 0 Å². The molecule has 1 aliphatic heterocycles. The molecule has 0 bridgehead atoms. The Bertz CT molecular complexity index is 1200. The van der Waals surface area contributed by atoms with Crippen LogP contribution in [0.4, 0.5) is 11.4 Å². The van der Waals surface area contributed by atoms with Gasteiger partial charge in [-0.2, -0.15) is 0 Å². The molecule has 180 valence electrons. The molecule has 0 atom stereocenters. The largest absolute Gasteiger partial charge is 0.497 e. The summed E-state index contributed by atoms with van der Waals surface area (Å²) >= 11 is 0. The molecule has 3 N–H and O–H groups in total. The van der Waals surface area contributed by atoms with E-state index >= 15 is 0 Å². The fraction of sp³-hybridized carbons (Fsp3) is 0.385. The average Bonchev–Trinajstić information content (AvgIpc) is 2.87. The molecule has 2 heterocycles. The highest BCUT2D eigenvalue weighted by Crippen LogP contribution is 2.27. The number of aromatic nitrogens is 1. The summed E-state index contributed by atoms with van der Waals surface area (Å²) < 4.78 is 7.22. The Morgan fingerprint density at radius 3 is 2.62 bits per heavy atom.